The third-order valence-electron chi connectivity index (χ3n) is 9.05. The van der Waals surface area contributed by atoms with E-state index in [1.54, 1.807) is 7.11 Å². The highest BCUT2D eigenvalue weighted by Crippen LogP contribution is 2.62. The van der Waals surface area contributed by atoms with Crippen LogP contribution in [-0.4, -0.2) is 18.4 Å². The number of hydrogen-bond acceptors (Lipinski definition) is 3. The second kappa shape index (κ2) is 8.80. The van der Waals surface area contributed by atoms with E-state index in [1.165, 1.54) is 55.2 Å². The van der Waals surface area contributed by atoms with Crippen molar-refractivity contribution >= 4 is 11.9 Å². The Morgan fingerprint density at radius 2 is 1.50 bits per heavy atom. The lowest BCUT2D eigenvalue weighted by atomic mass is 9.48. The highest BCUT2D eigenvalue weighted by atomic mass is 16.5. The Balaban J connectivity index is 1.40. The summed E-state index contributed by atoms with van der Waals surface area (Å²) in [6.07, 6.45) is 9.78. The first-order chi connectivity index (χ1) is 17.3. The molecule has 3 aromatic carbocycles. The molecule has 1 N–H and O–H groups in total. The van der Waals surface area contributed by atoms with Gasteiger partial charge in [0.25, 0.3) is 0 Å². The first kappa shape index (κ1) is 23.3. The van der Waals surface area contributed by atoms with Crippen molar-refractivity contribution < 1.29 is 9.84 Å². The standard InChI is InChI=1S/C33H37NO2/c1-20-9-22(3)32(36-4)28(11-20)27-7-5-6-8-30(27)34-19-26-10-21(2)12-29(31(26)35)33-16-23-13-24(17-33)15-25(14-23)18-33/h5-12,19,23-25,35H,13-18H2,1-4H3. The Morgan fingerprint density at radius 3 is 2.17 bits per heavy atom. The fourth-order valence-corrected chi connectivity index (χ4v) is 8.13. The van der Waals surface area contributed by atoms with E-state index in [-0.39, 0.29) is 5.41 Å². The summed E-state index contributed by atoms with van der Waals surface area (Å²) in [5.41, 5.74) is 8.60. The molecule has 0 aromatic heterocycles. The van der Waals surface area contributed by atoms with Gasteiger partial charge in [-0.05, 0) is 117 Å². The molecule has 3 nitrogen and oxygen atoms in total. The van der Waals surface area contributed by atoms with Crippen LogP contribution in [0.2, 0.25) is 0 Å². The number of methoxy groups -OCH3 is 1. The van der Waals surface area contributed by atoms with Crippen LogP contribution < -0.4 is 4.74 Å². The molecule has 0 unspecified atom stereocenters. The van der Waals surface area contributed by atoms with E-state index in [9.17, 15) is 5.11 Å². The minimum absolute atomic E-state index is 0.151. The lowest BCUT2D eigenvalue weighted by Gasteiger charge is -2.57. The number of para-hydroxylation sites is 1. The summed E-state index contributed by atoms with van der Waals surface area (Å²) < 4.78 is 5.78. The summed E-state index contributed by atoms with van der Waals surface area (Å²) in [6.45, 7) is 6.34. The van der Waals surface area contributed by atoms with Gasteiger partial charge in [-0.1, -0.05) is 30.3 Å². The van der Waals surface area contributed by atoms with Crippen LogP contribution in [0.4, 0.5) is 5.69 Å². The summed E-state index contributed by atoms with van der Waals surface area (Å²) in [4.78, 5) is 4.94. The predicted molar refractivity (Wildman–Crippen MR) is 148 cm³/mol. The van der Waals surface area contributed by atoms with Crippen molar-refractivity contribution in [2.45, 2.75) is 64.7 Å². The Bertz CT molecular complexity index is 1320. The maximum absolute atomic E-state index is 11.6. The number of benzene rings is 3. The van der Waals surface area contributed by atoms with Gasteiger partial charge in [0.2, 0.25) is 0 Å². The normalized spacial score (nSPS) is 26.6. The van der Waals surface area contributed by atoms with Gasteiger partial charge in [-0.25, -0.2) is 0 Å². The molecular formula is C33H37NO2. The van der Waals surface area contributed by atoms with Gasteiger partial charge in [-0.15, -0.1) is 0 Å². The molecule has 186 valence electrons. The number of phenolic OH excluding ortho intramolecular Hbond substituents is 1. The van der Waals surface area contributed by atoms with E-state index >= 15 is 0 Å². The zero-order valence-corrected chi connectivity index (χ0v) is 22.0. The van der Waals surface area contributed by atoms with Gasteiger partial charge in [-0.3, -0.25) is 4.99 Å². The van der Waals surface area contributed by atoms with Gasteiger partial charge >= 0.3 is 0 Å². The molecule has 0 radical (unpaired) electrons. The van der Waals surface area contributed by atoms with Crippen molar-refractivity contribution in [1.82, 2.24) is 0 Å². The molecule has 4 aliphatic rings. The van der Waals surface area contributed by atoms with Gasteiger partial charge in [0.05, 0.1) is 12.8 Å². The second-order valence-corrected chi connectivity index (χ2v) is 11.9. The molecule has 3 heteroatoms. The fraction of sp³-hybridized carbons (Fsp3) is 0.424. The van der Waals surface area contributed by atoms with Crippen molar-refractivity contribution in [3.05, 3.63) is 76.3 Å². The smallest absolute Gasteiger partial charge is 0.129 e. The van der Waals surface area contributed by atoms with Crippen LogP contribution in [-0.2, 0) is 5.41 Å². The van der Waals surface area contributed by atoms with E-state index in [0.29, 0.717) is 5.75 Å². The fourth-order valence-electron chi connectivity index (χ4n) is 8.13. The van der Waals surface area contributed by atoms with Crippen LogP contribution in [0.15, 0.2) is 53.5 Å². The van der Waals surface area contributed by atoms with E-state index < -0.39 is 0 Å². The number of nitrogens with zero attached hydrogens (tertiary/aromatic N) is 1. The molecule has 4 fully saturated rings. The number of aliphatic imine (C=N–C) groups is 1. The summed E-state index contributed by atoms with van der Waals surface area (Å²) in [7, 11) is 1.73. The van der Waals surface area contributed by atoms with Gasteiger partial charge in [0, 0.05) is 28.5 Å². The van der Waals surface area contributed by atoms with Crippen LogP contribution in [0.3, 0.4) is 0 Å². The SMILES string of the molecule is COc1c(C)cc(C)cc1-c1ccccc1N=Cc1cc(C)cc(C23CC4CC(CC(C4)C2)C3)c1O. The lowest BCUT2D eigenvalue weighted by molar-refractivity contribution is -0.00616. The molecule has 3 aromatic rings. The summed E-state index contributed by atoms with van der Waals surface area (Å²) in [6, 6.07) is 16.8. The van der Waals surface area contributed by atoms with Crippen LogP contribution in [0.25, 0.3) is 11.1 Å². The molecule has 0 aliphatic heterocycles. The van der Waals surface area contributed by atoms with E-state index in [1.807, 2.05) is 24.4 Å². The minimum atomic E-state index is 0.151. The summed E-state index contributed by atoms with van der Waals surface area (Å²) in [5, 5.41) is 11.6. The summed E-state index contributed by atoms with van der Waals surface area (Å²) in [5.74, 6) is 3.84. The third kappa shape index (κ3) is 3.93. The molecule has 4 saturated carbocycles. The van der Waals surface area contributed by atoms with Crippen LogP contribution >= 0.6 is 0 Å². The minimum Gasteiger partial charge on any atom is -0.507 e. The van der Waals surface area contributed by atoms with Crippen molar-refractivity contribution in [3.8, 4) is 22.6 Å². The van der Waals surface area contributed by atoms with E-state index in [4.69, 9.17) is 9.73 Å². The molecule has 36 heavy (non-hydrogen) atoms. The quantitative estimate of drug-likeness (QED) is 0.375. The van der Waals surface area contributed by atoms with Crippen molar-refractivity contribution in [1.29, 1.82) is 0 Å². The topological polar surface area (TPSA) is 41.8 Å². The lowest BCUT2D eigenvalue weighted by Crippen LogP contribution is -2.48. The molecule has 0 atom stereocenters. The Labute approximate surface area is 215 Å². The number of ether oxygens (including phenoxy) is 1. The van der Waals surface area contributed by atoms with Crippen LogP contribution in [0.5, 0.6) is 11.5 Å². The molecule has 4 bridgehead atoms. The van der Waals surface area contributed by atoms with Crippen molar-refractivity contribution in [3.63, 3.8) is 0 Å². The van der Waals surface area contributed by atoms with Crippen LogP contribution in [0.1, 0.15) is 66.3 Å². The molecule has 0 amide bonds. The molecule has 4 aliphatic carbocycles. The van der Waals surface area contributed by atoms with Crippen molar-refractivity contribution in [2.24, 2.45) is 22.7 Å². The Hall–Kier alpha value is -3.07. The number of rotatable bonds is 5. The highest BCUT2D eigenvalue weighted by Gasteiger charge is 2.52. The molecule has 0 saturated heterocycles. The second-order valence-electron chi connectivity index (χ2n) is 11.9. The van der Waals surface area contributed by atoms with Gasteiger partial charge in [0.1, 0.15) is 11.5 Å². The highest BCUT2D eigenvalue weighted by molar-refractivity contribution is 5.90. The third-order valence-corrected chi connectivity index (χ3v) is 9.05. The molecule has 7 rings (SSSR count). The van der Waals surface area contributed by atoms with Gasteiger partial charge in [-0.2, -0.15) is 0 Å². The predicted octanol–water partition coefficient (Wildman–Crippen LogP) is 8.21. The van der Waals surface area contributed by atoms with E-state index in [2.05, 4.69) is 51.1 Å². The number of aromatic hydroxyl groups is 1. The molecule has 0 heterocycles. The maximum Gasteiger partial charge on any atom is 0.129 e. The number of aryl methyl sites for hydroxylation is 3. The van der Waals surface area contributed by atoms with E-state index in [0.717, 1.165) is 51.4 Å². The summed E-state index contributed by atoms with van der Waals surface area (Å²) >= 11 is 0. The molecule has 0 spiro atoms. The first-order valence-electron chi connectivity index (χ1n) is 13.5. The maximum atomic E-state index is 11.6. The number of hydrogen-bond donors (Lipinski definition) is 1. The Morgan fingerprint density at radius 1 is 0.861 bits per heavy atom. The largest absolute Gasteiger partial charge is 0.507 e. The Kier molecular flexibility index (Phi) is 5.70. The zero-order valence-electron chi connectivity index (χ0n) is 22.0. The zero-order chi connectivity index (χ0) is 25.0. The molecular weight excluding hydrogens is 442 g/mol. The van der Waals surface area contributed by atoms with Gasteiger partial charge < -0.3 is 9.84 Å². The monoisotopic (exact) mass is 479 g/mol. The van der Waals surface area contributed by atoms with Crippen LogP contribution in [0, 0.1) is 38.5 Å². The average Bonchev–Trinajstić information content (AvgIpc) is 2.83. The first-order valence-corrected chi connectivity index (χ1v) is 13.5. The van der Waals surface area contributed by atoms with Crippen molar-refractivity contribution in [2.75, 3.05) is 7.11 Å². The number of phenols is 1. The van der Waals surface area contributed by atoms with Gasteiger partial charge in [0.15, 0.2) is 0 Å². The average molecular weight is 480 g/mol.